The first-order valence-corrected chi connectivity index (χ1v) is 13.8. The molecule has 0 spiro atoms. The molecule has 0 aliphatic carbocycles. The van der Waals surface area contributed by atoms with Gasteiger partial charge < -0.3 is 19.0 Å². The molecule has 2 aromatic heterocycles. The van der Waals surface area contributed by atoms with E-state index in [0.717, 1.165) is 23.3 Å². The third kappa shape index (κ3) is 6.89. The molecule has 0 N–H and O–H groups in total. The number of amides is 1. The van der Waals surface area contributed by atoms with E-state index in [-0.39, 0.29) is 41.9 Å². The molecule has 40 heavy (non-hydrogen) atoms. The topological polar surface area (TPSA) is 71.7 Å². The third-order valence-corrected chi connectivity index (χ3v) is 7.41. The Hall–Kier alpha value is -3.27. The van der Waals surface area contributed by atoms with E-state index in [1.54, 1.807) is 31.0 Å². The number of carbonyl (C=O) groups is 1. The number of furan rings is 1. The van der Waals surface area contributed by atoms with Crippen LogP contribution in [0.3, 0.4) is 0 Å². The molecule has 3 aromatic rings. The van der Waals surface area contributed by atoms with E-state index in [4.69, 9.17) is 20.8 Å². The largest absolute Gasteiger partial charge is 0.472 e. The Labute approximate surface area is 237 Å². The van der Waals surface area contributed by atoms with Crippen LogP contribution in [0.4, 0.5) is 23.9 Å². The summed E-state index contributed by atoms with van der Waals surface area (Å²) in [6, 6.07) is 4.98. The van der Waals surface area contributed by atoms with Crippen molar-refractivity contribution in [2.45, 2.75) is 90.3 Å². The number of alkyl halides is 3. The van der Waals surface area contributed by atoms with Crippen molar-refractivity contribution in [2.75, 3.05) is 4.90 Å². The molecule has 1 saturated heterocycles. The first-order valence-electron chi connectivity index (χ1n) is 13.5. The summed E-state index contributed by atoms with van der Waals surface area (Å²) in [5.74, 6) is 0.383. The SMILES string of the molecule is CCC1CC(N(Cc2cc(Cl)cc(C(F)(F)F)c2)c2ncc(-c3ccoc3)cn2)CC(CC)N1C(=O)OC(C)C. The molecule has 0 radical (unpaired) electrons. The van der Waals surface area contributed by atoms with Crippen LogP contribution >= 0.6 is 11.6 Å². The van der Waals surface area contributed by atoms with Gasteiger partial charge in [0.05, 0.1) is 24.2 Å². The molecule has 1 amide bonds. The lowest BCUT2D eigenvalue weighted by Gasteiger charge is -2.47. The molecule has 0 bridgehead atoms. The number of hydrogen-bond acceptors (Lipinski definition) is 6. The van der Waals surface area contributed by atoms with Crippen molar-refractivity contribution in [1.82, 2.24) is 14.9 Å². The number of carbonyl (C=O) groups excluding carboxylic acids is 1. The van der Waals surface area contributed by atoms with Gasteiger partial charge in [0.2, 0.25) is 5.95 Å². The number of nitrogens with zero attached hydrogens (tertiary/aromatic N) is 4. The fraction of sp³-hybridized carbons (Fsp3) is 0.483. The lowest BCUT2D eigenvalue weighted by Crippen LogP contribution is -2.57. The standard InChI is InChI=1S/C29H34ClF3N4O3/c1-5-24-12-26(13-25(6-2)37(24)28(38)40-18(3)4)36(16-19-9-22(29(31,32)33)11-23(30)10-19)27-34-14-21(15-35-27)20-7-8-39-17-20/h7-11,14-15,17-18,24-26H,5-6,12-13,16H2,1-4H3. The minimum atomic E-state index is -4.53. The zero-order chi connectivity index (χ0) is 29.0. The van der Waals surface area contributed by atoms with Crippen LogP contribution in [0, 0.1) is 0 Å². The van der Waals surface area contributed by atoms with Crippen LogP contribution in [0.2, 0.25) is 5.02 Å². The summed E-state index contributed by atoms with van der Waals surface area (Å²) in [6.07, 6.45) is 3.92. The maximum atomic E-state index is 13.6. The summed E-state index contributed by atoms with van der Waals surface area (Å²) in [5.41, 5.74) is 1.15. The highest BCUT2D eigenvalue weighted by molar-refractivity contribution is 6.30. The van der Waals surface area contributed by atoms with Gasteiger partial charge in [0.25, 0.3) is 0 Å². The number of benzene rings is 1. The summed E-state index contributed by atoms with van der Waals surface area (Å²) in [4.78, 5) is 26.0. The van der Waals surface area contributed by atoms with Gasteiger partial charge in [0, 0.05) is 53.2 Å². The maximum Gasteiger partial charge on any atom is 0.416 e. The van der Waals surface area contributed by atoms with Crippen LogP contribution in [-0.2, 0) is 17.5 Å². The van der Waals surface area contributed by atoms with Crippen molar-refractivity contribution in [2.24, 2.45) is 0 Å². The average Bonchev–Trinajstić information content (AvgIpc) is 3.45. The van der Waals surface area contributed by atoms with E-state index in [1.165, 1.54) is 6.07 Å². The molecular formula is C29H34ClF3N4O3. The van der Waals surface area contributed by atoms with Gasteiger partial charge in [-0.3, -0.25) is 0 Å². The van der Waals surface area contributed by atoms with Crippen LogP contribution in [0.1, 0.15) is 64.5 Å². The zero-order valence-corrected chi connectivity index (χ0v) is 23.7. The fourth-order valence-electron chi connectivity index (χ4n) is 5.30. The number of ether oxygens (including phenoxy) is 1. The molecule has 0 saturated carbocycles. The normalized spacial score (nSPS) is 19.6. The summed E-state index contributed by atoms with van der Waals surface area (Å²) in [6.45, 7) is 7.78. The average molecular weight is 579 g/mol. The highest BCUT2D eigenvalue weighted by atomic mass is 35.5. The highest BCUT2D eigenvalue weighted by Crippen LogP contribution is 2.36. The van der Waals surface area contributed by atoms with Crippen LogP contribution in [0.5, 0.6) is 0 Å². The van der Waals surface area contributed by atoms with E-state index >= 15 is 0 Å². The van der Waals surface area contributed by atoms with Crippen LogP contribution < -0.4 is 4.90 Å². The highest BCUT2D eigenvalue weighted by Gasteiger charge is 2.41. The summed E-state index contributed by atoms with van der Waals surface area (Å²) in [7, 11) is 0. The van der Waals surface area contributed by atoms with Gasteiger partial charge >= 0.3 is 12.3 Å². The molecule has 1 aromatic carbocycles. The second-order valence-electron chi connectivity index (χ2n) is 10.3. The van der Waals surface area contributed by atoms with Gasteiger partial charge in [-0.25, -0.2) is 14.8 Å². The molecule has 1 aliphatic rings. The molecule has 1 fully saturated rings. The molecule has 11 heteroatoms. The summed E-state index contributed by atoms with van der Waals surface area (Å²) >= 11 is 6.12. The van der Waals surface area contributed by atoms with Crippen molar-refractivity contribution < 1.29 is 27.1 Å². The summed E-state index contributed by atoms with van der Waals surface area (Å²) in [5, 5.41) is 0.00474. The molecule has 4 rings (SSSR count). The second-order valence-corrected chi connectivity index (χ2v) is 10.8. The van der Waals surface area contributed by atoms with Gasteiger partial charge in [-0.1, -0.05) is 25.4 Å². The predicted molar refractivity (Wildman–Crippen MR) is 147 cm³/mol. The van der Waals surface area contributed by atoms with Gasteiger partial charge in [0.15, 0.2) is 0 Å². The maximum absolute atomic E-state index is 13.6. The van der Waals surface area contributed by atoms with Crippen LogP contribution in [0.25, 0.3) is 11.1 Å². The Morgan fingerprint density at radius 1 is 1.12 bits per heavy atom. The van der Waals surface area contributed by atoms with Gasteiger partial charge in [-0.2, -0.15) is 13.2 Å². The third-order valence-electron chi connectivity index (χ3n) is 7.19. The number of anilines is 1. The fourth-order valence-corrected chi connectivity index (χ4v) is 5.56. The van der Waals surface area contributed by atoms with Crippen molar-refractivity contribution in [3.8, 4) is 11.1 Å². The van der Waals surface area contributed by atoms with Crippen molar-refractivity contribution >= 4 is 23.6 Å². The quantitative estimate of drug-likeness (QED) is 0.270. The molecule has 7 nitrogen and oxygen atoms in total. The first kappa shape index (κ1) is 29.7. The van der Waals surface area contributed by atoms with E-state index < -0.39 is 11.7 Å². The Bertz CT molecular complexity index is 1250. The predicted octanol–water partition coefficient (Wildman–Crippen LogP) is 7.98. The second kappa shape index (κ2) is 12.5. The van der Waals surface area contributed by atoms with E-state index in [1.807, 2.05) is 37.5 Å². The Kier molecular flexibility index (Phi) is 9.28. The molecule has 3 heterocycles. The number of aromatic nitrogens is 2. The Morgan fingerprint density at radius 2 is 1.77 bits per heavy atom. The number of piperidine rings is 1. The van der Waals surface area contributed by atoms with Crippen molar-refractivity contribution in [3.63, 3.8) is 0 Å². The smallest absolute Gasteiger partial charge is 0.416 e. The minimum absolute atomic E-state index is 0.00474. The van der Waals surface area contributed by atoms with Crippen LogP contribution in [-0.4, -0.2) is 45.2 Å². The van der Waals surface area contributed by atoms with Gasteiger partial charge in [-0.05, 0) is 69.4 Å². The van der Waals surface area contributed by atoms with Crippen LogP contribution in [0.15, 0.2) is 53.6 Å². The number of hydrogen-bond donors (Lipinski definition) is 0. The molecule has 2 atom stereocenters. The Balaban J connectivity index is 1.70. The number of rotatable bonds is 8. The molecule has 1 aliphatic heterocycles. The Morgan fingerprint density at radius 3 is 2.30 bits per heavy atom. The van der Waals surface area contributed by atoms with Gasteiger partial charge in [-0.15, -0.1) is 0 Å². The number of likely N-dealkylation sites (tertiary alicyclic amines) is 1. The number of halogens is 4. The monoisotopic (exact) mass is 578 g/mol. The molecular weight excluding hydrogens is 545 g/mol. The van der Waals surface area contributed by atoms with E-state index in [9.17, 15) is 18.0 Å². The van der Waals surface area contributed by atoms with Crippen molar-refractivity contribution in [3.05, 3.63) is 65.3 Å². The first-order chi connectivity index (χ1) is 19.0. The molecule has 216 valence electrons. The molecule has 2 unspecified atom stereocenters. The van der Waals surface area contributed by atoms with E-state index in [2.05, 4.69) is 9.97 Å². The lowest BCUT2D eigenvalue weighted by atomic mass is 9.87. The van der Waals surface area contributed by atoms with Crippen molar-refractivity contribution in [1.29, 1.82) is 0 Å². The zero-order valence-electron chi connectivity index (χ0n) is 23.0. The lowest BCUT2D eigenvalue weighted by molar-refractivity contribution is -0.137. The summed E-state index contributed by atoms with van der Waals surface area (Å²) < 4.78 is 51.5. The van der Waals surface area contributed by atoms with Gasteiger partial charge in [0.1, 0.15) is 0 Å². The minimum Gasteiger partial charge on any atom is -0.472 e. The van der Waals surface area contributed by atoms with E-state index in [0.29, 0.717) is 37.2 Å².